The molecule has 1 N–H and O–H groups in total. The Bertz CT molecular complexity index is 760. The van der Waals surface area contributed by atoms with Crippen molar-refractivity contribution >= 4 is 17.4 Å². The summed E-state index contributed by atoms with van der Waals surface area (Å²) in [5, 5.41) is 11.5. The van der Waals surface area contributed by atoms with Crippen LogP contribution in [-0.4, -0.2) is 16.7 Å². The lowest BCUT2D eigenvalue weighted by atomic mass is 10.0. The van der Waals surface area contributed by atoms with E-state index in [0.29, 0.717) is 11.3 Å². The van der Waals surface area contributed by atoms with Crippen LogP contribution in [0, 0.1) is 11.3 Å². The van der Waals surface area contributed by atoms with Gasteiger partial charge in [-0.25, -0.2) is 0 Å². The summed E-state index contributed by atoms with van der Waals surface area (Å²) in [6, 6.07) is 10.8. The van der Waals surface area contributed by atoms with E-state index in [4.69, 9.17) is 5.26 Å². The van der Waals surface area contributed by atoms with Crippen molar-refractivity contribution in [3.63, 3.8) is 0 Å². The van der Waals surface area contributed by atoms with Gasteiger partial charge in [0.1, 0.15) is 5.69 Å². The summed E-state index contributed by atoms with van der Waals surface area (Å²) in [4.78, 5) is 26.9. The maximum absolute atomic E-state index is 11.5. The average Bonchev–Trinajstić information content (AvgIpc) is 2.46. The fraction of sp³-hybridized carbons (Fsp3) is 0.125. The maximum Gasteiger partial charge on any atom is 0.221 e. The smallest absolute Gasteiger partial charge is 0.221 e. The van der Waals surface area contributed by atoms with Crippen molar-refractivity contribution in [2.24, 2.45) is 0 Å². The van der Waals surface area contributed by atoms with E-state index >= 15 is 0 Å². The number of hydrogen-bond donors (Lipinski definition) is 1. The Morgan fingerprint density at radius 3 is 2.57 bits per heavy atom. The number of ketones is 1. The lowest BCUT2D eigenvalue weighted by Gasteiger charge is -2.09. The van der Waals surface area contributed by atoms with Crippen molar-refractivity contribution in [2.45, 2.75) is 13.8 Å². The van der Waals surface area contributed by atoms with E-state index in [-0.39, 0.29) is 17.4 Å². The molecule has 0 radical (unpaired) electrons. The molecule has 0 aliphatic carbocycles. The van der Waals surface area contributed by atoms with E-state index in [1.807, 2.05) is 6.07 Å². The van der Waals surface area contributed by atoms with Gasteiger partial charge in [0.05, 0.1) is 17.3 Å². The van der Waals surface area contributed by atoms with Crippen molar-refractivity contribution < 1.29 is 9.59 Å². The highest BCUT2D eigenvalue weighted by Gasteiger charge is 2.12. The minimum absolute atomic E-state index is 0.213. The Kier molecular flexibility index (Phi) is 4.10. The number of nitrogens with one attached hydrogen (secondary N) is 1. The zero-order valence-corrected chi connectivity index (χ0v) is 11.7. The number of carbonyl (C=O) groups is 2. The molecule has 1 heterocycles. The molecule has 0 bridgehead atoms. The first-order valence-electron chi connectivity index (χ1n) is 6.30. The van der Waals surface area contributed by atoms with E-state index in [0.717, 1.165) is 11.1 Å². The predicted molar refractivity (Wildman–Crippen MR) is 78.7 cm³/mol. The number of nitriles is 1. The van der Waals surface area contributed by atoms with Gasteiger partial charge < -0.3 is 5.32 Å². The van der Waals surface area contributed by atoms with Crippen LogP contribution in [0.25, 0.3) is 11.1 Å². The number of carbonyl (C=O) groups excluding carboxylic acids is 2. The highest BCUT2D eigenvalue weighted by Crippen LogP contribution is 2.25. The lowest BCUT2D eigenvalue weighted by Crippen LogP contribution is -2.11. The van der Waals surface area contributed by atoms with Gasteiger partial charge in [0.15, 0.2) is 5.78 Å². The average molecular weight is 279 g/mol. The van der Waals surface area contributed by atoms with E-state index in [1.54, 1.807) is 30.5 Å². The molecule has 2 aromatic rings. The van der Waals surface area contributed by atoms with Gasteiger partial charge in [-0.15, -0.1) is 0 Å². The second-order valence-corrected chi connectivity index (χ2v) is 4.55. The van der Waals surface area contributed by atoms with Crippen LogP contribution in [0.2, 0.25) is 0 Å². The second kappa shape index (κ2) is 5.97. The highest BCUT2D eigenvalue weighted by atomic mass is 16.1. The monoisotopic (exact) mass is 279 g/mol. The molecule has 0 spiro atoms. The summed E-state index contributed by atoms with van der Waals surface area (Å²) in [5.41, 5.74) is 2.63. The number of Topliss-reactive ketones (excluding diaryl/α,β-unsaturated/α-hetero) is 1. The van der Waals surface area contributed by atoms with Crippen molar-refractivity contribution in [1.82, 2.24) is 4.98 Å². The Morgan fingerprint density at radius 2 is 1.95 bits per heavy atom. The Labute approximate surface area is 122 Å². The summed E-state index contributed by atoms with van der Waals surface area (Å²) in [6.07, 6.45) is 1.55. The number of anilines is 1. The van der Waals surface area contributed by atoms with E-state index in [2.05, 4.69) is 16.4 Å². The molecule has 104 valence electrons. The Hall–Kier alpha value is -3.00. The molecule has 0 aliphatic heterocycles. The Balaban J connectivity index is 2.53. The summed E-state index contributed by atoms with van der Waals surface area (Å²) >= 11 is 0. The highest BCUT2D eigenvalue weighted by molar-refractivity contribution is 6.02. The first-order chi connectivity index (χ1) is 10.0. The minimum atomic E-state index is -0.276. The molecule has 0 fully saturated rings. The molecule has 0 atom stereocenters. The number of rotatable bonds is 3. The van der Waals surface area contributed by atoms with Gasteiger partial charge in [0.2, 0.25) is 5.91 Å². The molecule has 0 saturated heterocycles. The van der Waals surface area contributed by atoms with Gasteiger partial charge in [-0.2, -0.15) is 5.26 Å². The number of hydrogen-bond acceptors (Lipinski definition) is 4. The number of amides is 1. The SMILES string of the molecule is CC(=O)Nc1cc(-c2cccc(C#N)c2)cnc1C(C)=O. The standard InChI is InChI=1S/C16H13N3O2/c1-10(20)16-15(19-11(2)21)7-14(9-18-16)13-5-3-4-12(6-13)8-17/h3-7,9H,1-2H3,(H,19,21). The van der Waals surface area contributed by atoms with E-state index < -0.39 is 0 Å². The number of aromatic nitrogens is 1. The van der Waals surface area contributed by atoms with Crippen molar-refractivity contribution in [3.8, 4) is 17.2 Å². The summed E-state index contributed by atoms with van der Waals surface area (Å²) in [7, 11) is 0. The molecule has 1 aromatic carbocycles. The van der Waals surface area contributed by atoms with E-state index in [1.165, 1.54) is 13.8 Å². The first kappa shape index (κ1) is 14.4. The fourth-order valence-electron chi connectivity index (χ4n) is 1.96. The van der Waals surface area contributed by atoms with Crippen molar-refractivity contribution in [2.75, 3.05) is 5.32 Å². The van der Waals surface area contributed by atoms with Crippen LogP contribution < -0.4 is 5.32 Å². The molecule has 0 aliphatic rings. The number of pyridine rings is 1. The molecular formula is C16H13N3O2. The summed E-state index contributed by atoms with van der Waals surface area (Å²) in [5.74, 6) is -0.502. The van der Waals surface area contributed by atoms with Crippen LogP contribution in [0.4, 0.5) is 5.69 Å². The minimum Gasteiger partial charge on any atom is -0.324 e. The van der Waals surface area contributed by atoms with Gasteiger partial charge in [-0.3, -0.25) is 14.6 Å². The summed E-state index contributed by atoms with van der Waals surface area (Å²) < 4.78 is 0. The molecule has 0 unspecified atom stereocenters. The second-order valence-electron chi connectivity index (χ2n) is 4.55. The molecule has 21 heavy (non-hydrogen) atoms. The largest absolute Gasteiger partial charge is 0.324 e. The van der Waals surface area contributed by atoms with Gasteiger partial charge in [-0.1, -0.05) is 12.1 Å². The molecule has 5 heteroatoms. The molecule has 1 amide bonds. The van der Waals surface area contributed by atoms with Gasteiger partial charge in [0.25, 0.3) is 0 Å². The maximum atomic E-state index is 11.5. The van der Waals surface area contributed by atoms with Crippen LogP contribution in [0.3, 0.4) is 0 Å². The van der Waals surface area contributed by atoms with Crippen LogP contribution >= 0.6 is 0 Å². The zero-order chi connectivity index (χ0) is 15.4. The molecular weight excluding hydrogens is 266 g/mol. The van der Waals surface area contributed by atoms with E-state index in [9.17, 15) is 9.59 Å². The quantitative estimate of drug-likeness (QED) is 0.876. The molecule has 1 aromatic heterocycles. The third-order valence-electron chi connectivity index (χ3n) is 2.86. The fourth-order valence-corrected chi connectivity index (χ4v) is 1.96. The molecule has 0 saturated carbocycles. The normalized spacial score (nSPS) is 9.76. The number of benzene rings is 1. The zero-order valence-electron chi connectivity index (χ0n) is 11.7. The molecule has 5 nitrogen and oxygen atoms in total. The van der Waals surface area contributed by atoms with Crippen LogP contribution in [0.1, 0.15) is 29.9 Å². The Morgan fingerprint density at radius 1 is 1.19 bits per heavy atom. The van der Waals surface area contributed by atoms with Crippen LogP contribution in [0.5, 0.6) is 0 Å². The van der Waals surface area contributed by atoms with Crippen molar-refractivity contribution in [1.29, 1.82) is 5.26 Å². The van der Waals surface area contributed by atoms with Crippen LogP contribution in [0.15, 0.2) is 36.5 Å². The third-order valence-corrected chi connectivity index (χ3v) is 2.86. The van der Waals surface area contributed by atoms with Gasteiger partial charge in [-0.05, 0) is 23.8 Å². The predicted octanol–water partition coefficient (Wildman–Crippen LogP) is 2.78. The van der Waals surface area contributed by atoms with Crippen molar-refractivity contribution in [3.05, 3.63) is 47.8 Å². The summed E-state index contributed by atoms with van der Waals surface area (Å²) in [6.45, 7) is 2.76. The third kappa shape index (κ3) is 3.31. The lowest BCUT2D eigenvalue weighted by molar-refractivity contribution is -0.114. The number of nitrogens with zero attached hydrogens (tertiary/aromatic N) is 2. The first-order valence-corrected chi connectivity index (χ1v) is 6.30. The topological polar surface area (TPSA) is 82.8 Å². The van der Waals surface area contributed by atoms with Gasteiger partial charge >= 0.3 is 0 Å². The van der Waals surface area contributed by atoms with Crippen LogP contribution in [-0.2, 0) is 4.79 Å². The van der Waals surface area contributed by atoms with Gasteiger partial charge in [0, 0.05) is 25.6 Å². The molecule has 2 rings (SSSR count).